The fourth-order valence-corrected chi connectivity index (χ4v) is 6.09. The molecule has 1 amide bonds. The zero-order valence-corrected chi connectivity index (χ0v) is 24.1. The SMILES string of the molecule is C[C@@H]1C[C@H]2O[C@@H]2\C=C/C=C/C(=N\OCC(=O)N2CCC(N3CCCCC3)CC2)Cc2c(Cl)c(O)cc(O)c2C(=O)O1. The third kappa shape index (κ3) is 7.42. The number of cyclic esters (lactones) is 1. The molecule has 5 rings (SSSR count). The van der Waals surface area contributed by atoms with E-state index in [9.17, 15) is 19.8 Å². The third-order valence-electron chi connectivity index (χ3n) is 8.17. The number of allylic oxidation sites excluding steroid dienone is 3. The monoisotopic (exact) mass is 587 g/mol. The molecule has 0 radical (unpaired) electrons. The van der Waals surface area contributed by atoms with Crippen LogP contribution >= 0.6 is 11.6 Å². The number of nitrogens with zero attached hydrogens (tertiary/aromatic N) is 3. The number of esters is 1. The minimum absolute atomic E-state index is 0.0675. The second kappa shape index (κ2) is 13.3. The van der Waals surface area contributed by atoms with Crippen LogP contribution in [0.25, 0.3) is 0 Å². The van der Waals surface area contributed by atoms with E-state index < -0.39 is 17.8 Å². The van der Waals surface area contributed by atoms with Crippen molar-refractivity contribution in [1.29, 1.82) is 0 Å². The molecule has 1 aromatic carbocycles. The van der Waals surface area contributed by atoms with Gasteiger partial charge in [0.05, 0.1) is 16.8 Å². The molecule has 0 spiro atoms. The van der Waals surface area contributed by atoms with Crippen LogP contribution in [0.2, 0.25) is 5.02 Å². The summed E-state index contributed by atoms with van der Waals surface area (Å²) in [6.07, 6.45) is 12.6. The topological polar surface area (TPSA) is 124 Å². The number of hydrogen-bond acceptors (Lipinski definition) is 9. The van der Waals surface area contributed by atoms with Gasteiger partial charge in [-0.3, -0.25) is 4.79 Å². The molecule has 4 aliphatic heterocycles. The number of likely N-dealkylation sites (tertiary alicyclic amines) is 2. The number of halogens is 1. The first-order chi connectivity index (χ1) is 19.8. The van der Waals surface area contributed by atoms with Crippen LogP contribution in [-0.2, 0) is 25.5 Å². The predicted octanol–water partition coefficient (Wildman–Crippen LogP) is 3.97. The smallest absolute Gasteiger partial charge is 0.342 e. The van der Waals surface area contributed by atoms with E-state index >= 15 is 0 Å². The molecule has 3 saturated heterocycles. The Morgan fingerprint density at radius 3 is 2.63 bits per heavy atom. The van der Waals surface area contributed by atoms with Crippen LogP contribution in [0, 0.1) is 0 Å². The van der Waals surface area contributed by atoms with E-state index in [-0.39, 0.29) is 53.0 Å². The van der Waals surface area contributed by atoms with Crippen molar-refractivity contribution in [3.63, 3.8) is 0 Å². The van der Waals surface area contributed by atoms with Crippen LogP contribution < -0.4 is 0 Å². The van der Waals surface area contributed by atoms with Gasteiger partial charge in [-0.15, -0.1) is 0 Å². The molecule has 11 heteroatoms. The second-order valence-electron chi connectivity index (χ2n) is 11.2. The maximum atomic E-state index is 13.1. The number of epoxide rings is 1. The molecule has 0 saturated carbocycles. The summed E-state index contributed by atoms with van der Waals surface area (Å²) in [6.45, 7) is 5.20. The Kier molecular flexibility index (Phi) is 9.52. The van der Waals surface area contributed by atoms with E-state index in [1.54, 1.807) is 19.1 Å². The lowest BCUT2D eigenvalue weighted by atomic mass is 9.99. The summed E-state index contributed by atoms with van der Waals surface area (Å²) in [7, 11) is 0. The Balaban J connectivity index is 1.29. The Morgan fingerprint density at radius 1 is 1.12 bits per heavy atom. The van der Waals surface area contributed by atoms with Crippen LogP contribution in [0.15, 0.2) is 35.5 Å². The normalized spacial score (nSPS) is 28.6. The number of piperidine rings is 2. The third-order valence-corrected chi connectivity index (χ3v) is 8.59. The number of benzene rings is 1. The average Bonchev–Trinajstić information content (AvgIpc) is 3.70. The number of phenols is 2. The molecule has 41 heavy (non-hydrogen) atoms. The van der Waals surface area contributed by atoms with Gasteiger partial charge in [-0.2, -0.15) is 0 Å². The first-order valence-electron chi connectivity index (χ1n) is 14.5. The number of carbonyl (C=O) groups excluding carboxylic acids is 2. The lowest BCUT2D eigenvalue weighted by molar-refractivity contribution is -0.137. The summed E-state index contributed by atoms with van der Waals surface area (Å²) in [5.41, 5.74) is 0.306. The van der Waals surface area contributed by atoms with Crippen LogP contribution in [0.3, 0.4) is 0 Å². The van der Waals surface area contributed by atoms with E-state index in [1.165, 1.54) is 19.3 Å². The van der Waals surface area contributed by atoms with E-state index in [2.05, 4.69) is 10.1 Å². The highest BCUT2D eigenvalue weighted by molar-refractivity contribution is 6.33. The number of carbonyl (C=O) groups is 2. The highest BCUT2D eigenvalue weighted by Crippen LogP contribution is 2.38. The van der Waals surface area contributed by atoms with E-state index in [0.29, 0.717) is 31.3 Å². The van der Waals surface area contributed by atoms with Crippen molar-refractivity contribution in [1.82, 2.24) is 9.80 Å². The van der Waals surface area contributed by atoms with Crippen LogP contribution in [-0.4, -0.2) is 94.7 Å². The number of phenolic OH excluding ortho intramolecular Hbond substituents is 2. The Morgan fingerprint density at radius 2 is 1.88 bits per heavy atom. The lowest BCUT2D eigenvalue weighted by Gasteiger charge is -2.40. The number of hydrogen-bond donors (Lipinski definition) is 2. The summed E-state index contributed by atoms with van der Waals surface area (Å²) < 4.78 is 11.2. The molecule has 0 unspecified atom stereocenters. The van der Waals surface area contributed by atoms with Gasteiger partial charge in [-0.05, 0) is 57.3 Å². The molecule has 2 N–H and O–H groups in total. The molecule has 0 aromatic heterocycles. The van der Waals surface area contributed by atoms with E-state index in [4.69, 9.17) is 25.9 Å². The minimum atomic E-state index is -0.774. The summed E-state index contributed by atoms with van der Waals surface area (Å²) in [6, 6.07) is 1.54. The Labute approximate surface area is 245 Å². The summed E-state index contributed by atoms with van der Waals surface area (Å²) in [4.78, 5) is 35.8. The summed E-state index contributed by atoms with van der Waals surface area (Å²) >= 11 is 6.40. The van der Waals surface area contributed by atoms with Crippen LogP contribution in [0.1, 0.15) is 61.4 Å². The molecule has 4 heterocycles. The minimum Gasteiger partial charge on any atom is -0.507 e. The Hall–Kier alpha value is -3.08. The van der Waals surface area contributed by atoms with Gasteiger partial charge >= 0.3 is 5.97 Å². The number of amides is 1. The molecule has 222 valence electrons. The van der Waals surface area contributed by atoms with Crippen molar-refractivity contribution in [2.24, 2.45) is 5.16 Å². The van der Waals surface area contributed by atoms with E-state index in [0.717, 1.165) is 32.0 Å². The highest BCUT2D eigenvalue weighted by atomic mass is 35.5. The van der Waals surface area contributed by atoms with Gasteiger partial charge in [0.2, 0.25) is 0 Å². The van der Waals surface area contributed by atoms with Gasteiger partial charge in [0.15, 0.2) is 6.61 Å². The molecule has 3 fully saturated rings. The molecule has 1 aromatic rings. The van der Waals surface area contributed by atoms with Crippen molar-refractivity contribution in [2.75, 3.05) is 32.8 Å². The molecular weight excluding hydrogens is 550 g/mol. The van der Waals surface area contributed by atoms with Gasteiger partial charge in [-0.1, -0.05) is 41.4 Å². The summed E-state index contributed by atoms with van der Waals surface area (Å²) in [5.74, 6) is -1.76. The first kappa shape index (κ1) is 29.4. The zero-order chi connectivity index (χ0) is 28.9. The van der Waals surface area contributed by atoms with Crippen LogP contribution in [0.5, 0.6) is 11.5 Å². The van der Waals surface area contributed by atoms with Crippen LogP contribution in [0.4, 0.5) is 0 Å². The van der Waals surface area contributed by atoms with Gasteiger partial charge in [0.1, 0.15) is 29.3 Å². The first-order valence-corrected chi connectivity index (χ1v) is 14.8. The lowest BCUT2D eigenvalue weighted by Crippen LogP contribution is -2.48. The largest absolute Gasteiger partial charge is 0.507 e. The number of aromatic hydroxyl groups is 2. The molecular formula is C30H38ClN3O7. The van der Waals surface area contributed by atoms with Gasteiger partial charge in [0.25, 0.3) is 5.91 Å². The average molecular weight is 588 g/mol. The van der Waals surface area contributed by atoms with Gasteiger partial charge < -0.3 is 34.3 Å². The number of oxime groups is 1. The second-order valence-corrected chi connectivity index (χ2v) is 11.5. The quantitative estimate of drug-likeness (QED) is 0.308. The molecule has 0 bridgehead atoms. The van der Waals surface area contributed by atoms with Crippen molar-refractivity contribution in [3.8, 4) is 11.5 Å². The summed E-state index contributed by atoms with van der Waals surface area (Å²) in [5, 5.41) is 24.9. The molecule has 4 aliphatic rings. The van der Waals surface area contributed by atoms with Crippen molar-refractivity contribution in [3.05, 3.63) is 46.5 Å². The van der Waals surface area contributed by atoms with Crippen molar-refractivity contribution < 1.29 is 34.1 Å². The number of ether oxygens (including phenoxy) is 2. The number of fused-ring (bicyclic) bond motifs is 2. The van der Waals surface area contributed by atoms with Crippen molar-refractivity contribution >= 4 is 29.2 Å². The predicted molar refractivity (Wildman–Crippen MR) is 153 cm³/mol. The molecule has 10 nitrogen and oxygen atoms in total. The molecule has 0 aliphatic carbocycles. The van der Waals surface area contributed by atoms with Gasteiger partial charge in [-0.25, -0.2) is 4.79 Å². The zero-order valence-electron chi connectivity index (χ0n) is 23.3. The fourth-order valence-electron chi connectivity index (χ4n) is 5.88. The van der Waals surface area contributed by atoms with E-state index in [1.807, 2.05) is 17.1 Å². The number of rotatable bonds is 4. The maximum absolute atomic E-state index is 13.1. The standard InChI is InChI=1S/C30H38ClN3O7/c1-19-15-26-25(41-26)8-4-3-7-20(16-22-28(30(38)40-19)23(35)17-24(36)29(22)31)32-39-18-27(37)34-13-9-21(10-14-34)33-11-5-2-6-12-33/h3-4,7-8,17,19,21,25-26,35-36H,2,5-6,9-16,18H2,1H3/b7-3+,8-4-,32-20+/t19-,25-,26-/m1/s1. The maximum Gasteiger partial charge on any atom is 0.342 e. The molecule has 3 atom stereocenters. The van der Waals surface area contributed by atoms with Crippen molar-refractivity contribution in [2.45, 2.75) is 76.2 Å². The van der Waals surface area contributed by atoms with Gasteiger partial charge in [0, 0.05) is 38.0 Å². The highest BCUT2D eigenvalue weighted by Gasteiger charge is 2.38. The fraction of sp³-hybridized carbons (Fsp3) is 0.567. The Bertz CT molecular complexity index is 1220.